The molecular weight excluding hydrogens is 773 g/mol. The lowest BCUT2D eigenvalue weighted by atomic mass is 9.95. The van der Waals surface area contributed by atoms with Gasteiger partial charge in [0.1, 0.15) is 0 Å². The third kappa shape index (κ3) is 14.5. The third-order valence-corrected chi connectivity index (χ3v) is 11.8. The summed E-state index contributed by atoms with van der Waals surface area (Å²) in [6.07, 6.45) is 39.6. The monoisotopic (exact) mass is 849 g/mol. The van der Waals surface area contributed by atoms with E-state index in [4.69, 9.17) is 6.42 Å². The molecule has 0 amide bonds. The van der Waals surface area contributed by atoms with Crippen LogP contribution in [0.3, 0.4) is 0 Å². The predicted octanol–water partition coefficient (Wildman–Crippen LogP) is 18.0. The van der Waals surface area contributed by atoms with Gasteiger partial charge in [0, 0.05) is 46.7 Å². The molecule has 1 atom stereocenters. The largest absolute Gasteiger partial charge is 0.342 e. The maximum absolute atomic E-state index is 5.47. The van der Waals surface area contributed by atoms with Gasteiger partial charge in [-0.15, -0.1) is 18.1 Å². The normalized spacial score (nSPS) is 14.8. The molecule has 2 bridgehead atoms. The van der Waals surface area contributed by atoms with E-state index >= 15 is 0 Å². The van der Waals surface area contributed by atoms with Crippen LogP contribution in [0.5, 0.6) is 0 Å². The van der Waals surface area contributed by atoms with Gasteiger partial charge in [-0.1, -0.05) is 188 Å². The highest BCUT2D eigenvalue weighted by atomic mass is 15.1. The zero-order valence-corrected chi connectivity index (χ0v) is 40.8. The summed E-state index contributed by atoms with van der Waals surface area (Å²) in [5, 5.41) is 2.64. The van der Waals surface area contributed by atoms with Crippen molar-refractivity contribution in [2.75, 3.05) is 6.54 Å². The van der Waals surface area contributed by atoms with Crippen LogP contribution in [0.2, 0.25) is 0 Å². The van der Waals surface area contributed by atoms with Crippen LogP contribution in [0.4, 0.5) is 0 Å². The van der Waals surface area contributed by atoms with Gasteiger partial charge in [-0.3, -0.25) is 0 Å². The quantitative estimate of drug-likeness (QED) is 0.0468. The summed E-state index contributed by atoms with van der Waals surface area (Å²) >= 11 is 0. The van der Waals surface area contributed by atoms with Crippen molar-refractivity contribution in [1.82, 2.24) is 9.47 Å². The molecule has 2 heteroatoms. The van der Waals surface area contributed by atoms with Crippen LogP contribution in [-0.2, 0) is 0 Å². The minimum atomic E-state index is 0.467. The highest BCUT2D eigenvalue weighted by Crippen LogP contribution is 2.37. The first-order valence-corrected chi connectivity index (χ1v) is 24.2. The molecule has 0 saturated heterocycles. The molecule has 0 saturated carbocycles. The smallest absolute Gasteiger partial charge is 0.0544 e. The Morgan fingerprint density at radius 3 is 2.17 bits per heavy atom. The number of rotatable bonds is 14. The van der Waals surface area contributed by atoms with Gasteiger partial charge in [-0.05, 0) is 117 Å². The van der Waals surface area contributed by atoms with Gasteiger partial charge < -0.3 is 9.47 Å². The summed E-state index contributed by atoms with van der Waals surface area (Å²) in [6.45, 7) is 20.3. The van der Waals surface area contributed by atoms with Gasteiger partial charge in [0.15, 0.2) is 0 Å². The lowest BCUT2D eigenvalue weighted by molar-refractivity contribution is 0.425. The van der Waals surface area contributed by atoms with Crippen molar-refractivity contribution in [2.45, 2.75) is 127 Å². The van der Waals surface area contributed by atoms with Crippen molar-refractivity contribution in [2.24, 2.45) is 5.92 Å². The van der Waals surface area contributed by atoms with E-state index < -0.39 is 0 Å². The van der Waals surface area contributed by atoms with Crippen LogP contribution in [0.25, 0.3) is 38.6 Å². The molecule has 1 aliphatic heterocycles. The van der Waals surface area contributed by atoms with E-state index in [1.807, 2.05) is 19.9 Å². The van der Waals surface area contributed by atoms with E-state index in [9.17, 15) is 0 Å². The summed E-state index contributed by atoms with van der Waals surface area (Å²) in [6, 6.07) is 32.6. The Labute approximate surface area is 388 Å². The fourth-order valence-corrected chi connectivity index (χ4v) is 8.19. The predicted molar refractivity (Wildman–Crippen MR) is 285 cm³/mol. The first-order chi connectivity index (χ1) is 31.3. The highest BCUT2D eigenvalue weighted by molar-refractivity contribution is 6.12. The number of benzene rings is 4. The van der Waals surface area contributed by atoms with Gasteiger partial charge in [0.05, 0.1) is 11.0 Å². The number of nitrogens with zero attached hydrogens (tertiary/aromatic N) is 2. The zero-order chi connectivity index (χ0) is 46.1. The summed E-state index contributed by atoms with van der Waals surface area (Å²) in [4.78, 5) is 2.38. The number of aromatic nitrogens is 1. The Hall–Kier alpha value is -6.00. The summed E-state index contributed by atoms with van der Waals surface area (Å²) < 4.78 is 2.39. The maximum Gasteiger partial charge on any atom is 0.0544 e. The van der Waals surface area contributed by atoms with Gasteiger partial charge in [-0.25, -0.2) is 0 Å². The molecule has 5 aromatic rings. The van der Waals surface area contributed by atoms with E-state index in [2.05, 4.69) is 215 Å². The molecule has 7 rings (SSSR count). The number of hydrogen-bond donors (Lipinski definition) is 0. The number of fused-ring (bicyclic) bond motifs is 4. The lowest BCUT2D eigenvalue weighted by Gasteiger charge is -2.33. The molecule has 4 aromatic carbocycles. The van der Waals surface area contributed by atoms with E-state index in [0.29, 0.717) is 12.3 Å². The van der Waals surface area contributed by atoms with Gasteiger partial charge in [-0.2, -0.15) is 0 Å². The molecule has 0 N–H and O–H groups in total. The van der Waals surface area contributed by atoms with Crippen LogP contribution >= 0.6 is 0 Å². The molecule has 2 nitrogen and oxygen atoms in total. The summed E-state index contributed by atoms with van der Waals surface area (Å²) in [5.41, 5.74) is 17.3. The van der Waals surface area contributed by atoms with E-state index in [1.165, 1.54) is 117 Å². The van der Waals surface area contributed by atoms with Gasteiger partial charge in [0.2, 0.25) is 0 Å². The molecule has 0 fully saturated rings. The van der Waals surface area contributed by atoms with E-state index in [0.717, 1.165) is 19.4 Å². The second kappa shape index (κ2) is 27.9. The molecule has 0 radical (unpaired) electrons. The Kier molecular flexibility index (Phi) is 22.1. The van der Waals surface area contributed by atoms with Crippen LogP contribution in [0.1, 0.15) is 135 Å². The Bertz CT molecular complexity index is 2490. The molecule has 64 heavy (non-hydrogen) atoms. The SMILES string of the molecule is C#CC/C=C1\CC2C=CC=CC(=C2)N1C/C=C(\C)c1ccccc1.CC.CCCCC=C=C/C=C(\C)c1ccc2c(c1C)c1ccccc1n2-c1ccc(C)cc1.CCCCCCC. The van der Waals surface area contributed by atoms with Crippen molar-refractivity contribution in [1.29, 1.82) is 0 Å². The number of para-hydroxylation sites is 1. The summed E-state index contributed by atoms with van der Waals surface area (Å²) in [5.74, 6) is 3.20. The summed E-state index contributed by atoms with van der Waals surface area (Å²) in [7, 11) is 0. The van der Waals surface area contributed by atoms with Crippen molar-refractivity contribution < 1.29 is 0 Å². The molecule has 1 aliphatic carbocycles. The van der Waals surface area contributed by atoms with Crippen molar-refractivity contribution in [3.63, 3.8) is 0 Å². The Morgan fingerprint density at radius 1 is 0.766 bits per heavy atom. The zero-order valence-electron chi connectivity index (χ0n) is 40.8. The lowest BCUT2D eigenvalue weighted by Crippen LogP contribution is -2.27. The highest BCUT2D eigenvalue weighted by Gasteiger charge is 2.22. The number of unbranched alkanes of at least 4 members (excludes halogenated alkanes) is 6. The minimum Gasteiger partial charge on any atom is -0.342 e. The van der Waals surface area contributed by atoms with Gasteiger partial charge in [0.25, 0.3) is 0 Å². The second-order valence-electron chi connectivity index (χ2n) is 16.6. The number of aryl methyl sites for hydroxylation is 2. The Morgan fingerprint density at radius 2 is 1.47 bits per heavy atom. The number of terminal acetylenes is 1. The van der Waals surface area contributed by atoms with Crippen LogP contribution < -0.4 is 0 Å². The molecule has 1 aromatic heterocycles. The third-order valence-electron chi connectivity index (χ3n) is 11.8. The first-order valence-electron chi connectivity index (χ1n) is 24.2. The molecule has 2 aliphatic rings. The Balaban J connectivity index is 0.000000241. The van der Waals surface area contributed by atoms with Crippen LogP contribution in [0, 0.1) is 32.1 Å². The number of hydrogen-bond acceptors (Lipinski definition) is 1. The van der Waals surface area contributed by atoms with Crippen molar-refractivity contribution >= 4 is 33.0 Å². The number of allylic oxidation sites excluding steroid dienone is 11. The van der Waals surface area contributed by atoms with Gasteiger partial charge >= 0.3 is 0 Å². The molecule has 2 heterocycles. The maximum atomic E-state index is 5.47. The molecule has 1 unspecified atom stereocenters. The van der Waals surface area contributed by atoms with Crippen molar-refractivity contribution in [3.05, 3.63) is 191 Å². The molecular formula is C62H76N2. The topological polar surface area (TPSA) is 8.17 Å². The average Bonchev–Trinajstić information content (AvgIpc) is 3.54. The molecule has 334 valence electrons. The fraction of sp³-hybridized carbons (Fsp3) is 0.339. The first kappa shape index (κ1) is 50.6. The van der Waals surface area contributed by atoms with E-state index in [1.54, 1.807) is 0 Å². The average molecular weight is 849 g/mol. The van der Waals surface area contributed by atoms with E-state index in [-0.39, 0.29) is 0 Å². The standard InChI is InChI=1S/C30H31N.C23H23N.C7H16.C2H6/c1-5-6-7-8-9-10-13-23(3)26-20-21-29-30(24(26)4)27-14-11-12-15-28(27)31(29)25-18-16-22(2)17-19-25;1-3-4-13-22-17-20-10-8-9-14-23(18-20)24(22)16-15-19(2)21-11-6-5-7-12-21;1-3-5-7-6-4-2;1-2/h8,10-21H,5-7H2,1-4H3;1,5-15,18,20H,4,16-17H2,2H3;3-7H2,1-2H3;1-2H3/b23-13+;19-15+,22-13+;;. The minimum absolute atomic E-state index is 0.467. The second-order valence-corrected chi connectivity index (χ2v) is 16.6. The van der Waals surface area contributed by atoms with Crippen LogP contribution in [0.15, 0.2) is 169 Å². The van der Waals surface area contributed by atoms with Crippen LogP contribution in [-0.4, -0.2) is 16.0 Å². The molecule has 0 spiro atoms. The van der Waals surface area contributed by atoms with Crippen molar-refractivity contribution in [3.8, 4) is 18.0 Å². The fourth-order valence-electron chi connectivity index (χ4n) is 8.19.